The molecule has 7 heteroatoms. The normalized spacial score (nSPS) is 20.5. The van der Waals surface area contributed by atoms with E-state index in [1.54, 1.807) is 13.1 Å². The fourth-order valence-electron chi connectivity index (χ4n) is 4.00. The maximum atomic E-state index is 11.4. The Morgan fingerprint density at radius 1 is 1.41 bits per heavy atom. The van der Waals surface area contributed by atoms with E-state index < -0.39 is 0 Å². The first-order valence-corrected chi connectivity index (χ1v) is 9.96. The first-order chi connectivity index (χ1) is 13.9. The topological polar surface area (TPSA) is 63.1 Å². The third kappa shape index (κ3) is 3.60. The van der Waals surface area contributed by atoms with Crippen LogP contribution in [0.3, 0.4) is 0 Å². The molecule has 1 aliphatic carbocycles. The fourth-order valence-corrected chi connectivity index (χ4v) is 4.19. The molecule has 6 nitrogen and oxygen atoms in total. The Hall–Kier alpha value is -2.86. The number of imidazole rings is 1. The van der Waals surface area contributed by atoms with Crippen LogP contribution >= 0.6 is 11.6 Å². The van der Waals surface area contributed by atoms with Gasteiger partial charge in [-0.3, -0.25) is 4.79 Å². The van der Waals surface area contributed by atoms with E-state index in [0.29, 0.717) is 10.9 Å². The number of rotatable bonds is 6. The van der Waals surface area contributed by atoms with Gasteiger partial charge in [0.2, 0.25) is 5.91 Å². The van der Waals surface area contributed by atoms with Gasteiger partial charge in [-0.25, -0.2) is 9.97 Å². The summed E-state index contributed by atoms with van der Waals surface area (Å²) in [6, 6.07) is 10.1. The van der Waals surface area contributed by atoms with Crippen LogP contribution < -0.4 is 10.2 Å². The van der Waals surface area contributed by atoms with Gasteiger partial charge in [-0.15, -0.1) is 6.58 Å². The second-order valence-corrected chi connectivity index (χ2v) is 8.00. The quantitative estimate of drug-likeness (QED) is 0.631. The second-order valence-electron chi connectivity index (χ2n) is 7.59. The third-order valence-corrected chi connectivity index (χ3v) is 5.92. The predicted octanol–water partition coefficient (Wildman–Crippen LogP) is 3.66. The maximum absolute atomic E-state index is 11.4. The third-order valence-electron chi connectivity index (χ3n) is 5.62. The first-order valence-electron chi connectivity index (χ1n) is 9.59. The van der Waals surface area contributed by atoms with Gasteiger partial charge in [0.05, 0.1) is 16.1 Å². The molecular weight excluding hydrogens is 386 g/mol. The van der Waals surface area contributed by atoms with Gasteiger partial charge < -0.3 is 14.8 Å². The first kappa shape index (κ1) is 19.5. The van der Waals surface area contributed by atoms with E-state index in [0.717, 1.165) is 34.8 Å². The molecule has 0 bridgehead atoms. The van der Waals surface area contributed by atoms with Crippen LogP contribution in [0.15, 0.2) is 49.2 Å². The Morgan fingerprint density at radius 3 is 2.86 bits per heavy atom. The zero-order chi connectivity index (χ0) is 20.7. The molecule has 1 saturated carbocycles. The summed E-state index contributed by atoms with van der Waals surface area (Å²) in [5.74, 6) is 2.21. The van der Waals surface area contributed by atoms with Gasteiger partial charge in [0.1, 0.15) is 11.6 Å². The number of benzene rings is 1. The van der Waals surface area contributed by atoms with Crippen molar-refractivity contribution in [1.29, 1.82) is 0 Å². The van der Waals surface area contributed by atoms with Crippen LogP contribution in [0.5, 0.6) is 0 Å². The van der Waals surface area contributed by atoms with Gasteiger partial charge in [-0.1, -0.05) is 29.8 Å². The molecule has 1 unspecified atom stereocenters. The average molecular weight is 410 g/mol. The summed E-state index contributed by atoms with van der Waals surface area (Å²) >= 11 is 6.48. The predicted molar refractivity (Wildman–Crippen MR) is 117 cm³/mol. The van der Waals surface area contributed by atoms with Crippen molar-refractivity contribution in [2.24, 2.45) is 18.9 Å². The van der Waals surface area contributed by atoms with Crippen molar-refractivity contribution < 1.29 is 4.79 Å². The Kier molecular flexibility index (Phi) is 5.04. The number of carbonyl (C=O) groups is 1. The number of nitrogens with one attached hydrogen (secondary N) is 1. The minimum absolute atomic E-state index is 0.0132. The molecule has 150 valence electrons. The van der Waals surface area contributed by atoms with E-state index in [9.17, 15) is 4.79 Å². The zero-order valence-corrected chi connectivity index (χ0v) is 17.5. The highest BCUT2D eigenvalue weighted by molar-refractivity contribution is 6.33. The molecule has 0 spiro atoms. The second kappa shape index (κ2) is 7.52. The van der Waals surface area contributed by atoms with E-state index in [4.69, 9.17) is 16.6 Å². The highest BCUT2D eigenvalue weighted by atomic mass is 35.5. The van der Waals surface area contributed by atoms with Crippen LogP contribution in [0, 0.1) is 11.8 Å². The van der Waals surface area contributed by atoms with Crippen LogP contribution in [0.4, 0.5) is 5.82 Å². The number of pyridine rings is 1. The van der Waals surface area contributed by atoms with Crippen LogP contribution in [-0.2, 0) is 11.8 Å². The Morgan fingerprint density at radius 2 is 2.17 bits per heavy atom. The molecule has 0 saturated heterocycles. The fraction of sp³-hybridized carbons (Fsp3) is 0.318. The Labute approximate surface area is 175 Å². The van der Waals surface area contributed by atoms with E-state index in [-0.39, 0.29) is 17.9 Å². The minimum Gasteiger partial charge on any atom is -0.359 e. The molecule has 1 amide bonds. The van der Waals surface area contributed by atoms with Crippen molar-refractivity contribution in [3.8, 4) is 11.4 Å². The number of hydrogen-bond acceptors (Lipinski definition) is 4. The Bertz CT molecular complexity index is 1090. The lowest BCUT2D eigenvalue weighted by Crippen LogP contribution is -2.28. The molecule has 0 radical (unpaired) electrons. The van der Waals surface area contributed by atoms with Crippen molar-refractivity contribution in [2.75, 3.05) is 18.5 Å². The number of aryl methyl sites for hydroxylation is 1. The lowest BCUT2D eigenvalue weighted by atomic mass is 10.2. The molecular formula is C22H24ClN5O. The van der Waals surface area contributed by atoms with Gasteiger partial charge in [0, 0.05) is 57.2 Å². The van der Waals surface area contributed by atoms with Crippen molar-refractivity contribution >= 4 is 34.4 Å². The average Bonchev–Trinajstić information content (AvgIpc) is 3.22. The molecule has 2 heterocycles. The molecule has 2 aromatic heterocycles. The highest BCUT2D eigenvalue weighted by Gasteiger charge is 2.49. The number of amides is 1. The zero-order valence-electron chi connectivity index (χ0n) is 16.8. The summed E-state index contributed by atoms with van der Waals surface area (Å²) in [7, 11) is 3.99. The number of nitrogens with zero attached hydrogens (tertiary/aromatic N) is 4. The molecule has 0 aliphatic heterocycles. The van der Waals surface area contributed by atoms with Crippen molar-refractivity contribution in [1.82, 2.24) is 19.9 Å². The van der Waals surface area contributed by atoms with E-state index in [1.165, 1.54) is 0 Å². The molecule has 4 rings (SSSR count). The maximum Gasteiger partial charge on any atom is 0.217 e. The van der Waals surface area contributed by atoms with Crippen molar-refractivity contribution in [2.45, 2.75) is 13.0 Å². The van der Waals surface area contributed by atoms with Gasteiger partial charge in [-0.2, -0.15) is 0 Å². The van der Waals surface area contributed by atoms with Crippen molar-refractivity contribution in [3.63, 3.8) is 0 Å². The van der Waals surface area contributed by atoms with E-state index >= 15 is 0 Å². The molecule has 1 N–H and O–H groups in total. The lowest BCUT2D eigenvalue weighted by Gasteiger charge is -2.19. The Balaban J connectivity index is 1.60. The van der Waals surface area contributed by atoms with Crippen LogP contribution in [0.25, 0.3) is 22.4 Å². The summed E-state index contributed by atoms with van der Waals surface area (Å²) in [5, 5.41) is 3.56. The molecule has 1 aromatic carbocycles. The standard InChI is InChI=1S/C22H24ClN5O/c1-5-14-16(21(14)25-13(2)29)12-27(3)20-10-15(17(23)11-24-20)22-26-18-8-6-7-9-19(18)28(22)4/h5-11,14,16,21H,1,12H2,2-4H3,(H,25,29)/t14-,16?,21-/m1/s1. The van der Waals surface area contributed by atoms with Gasteiger partial charge in [0.15, 0.2) is 0 Å². The number of halogens is 1. The van der Waals surface area contributed by atoms with E-state index in [2.05, 4.69) is 21.8 Å². The lowest BCUT2D eigenvalue weighted by molar-refractivity contribution is -0.119. The summed E-state index contributed by atoms with van der Waals surface area (Å²) in [5.41, 5.74) is 2.82. The van der Waals surface area contributed by atoms with Gasteiger partial charge in [0.25, 0.3) is 0 Å². The number of aromatic nitrogens is 3. The minimum atomic E-state index is -0.0132. The molecule has 3 aromatic rings. The number of hydrogen-bond donors (Lipinski definition) is 1. The molecule has 3 atom stereocenters. The van der Waals surface area contributed by atoms with Crippen LogP contribution in [0.1, 0.15) is 6.92 Å². The van der Waals surface area contributed by atoms with Crippen molar-refractivity contribution in [3.05, 3.63) is 54.2 Å². The highest BCUT2D eigenvalue weighted by Crippen LogP contribution is 2.41. The van der Waals surface area contributed by atoms with E-state index in [1.807, 2.05) is 55.1 Å². The largest absolute Gasteiger partial charge is 0.359 e. The van der Waals surface area contributed by atoms with Crippen LogP contribution in [-0.4, -0.2) is 40.1 Å². The van der Waals surface area contributed by atoms with Crippen LogP contribution in [0.2, 0.25) is 5.02 Å². The number of anilines is 1. The summed E-state index contributed by atoms with van der Waals surface area (Å²) in [4.78, 5) is 22.8. The number of para-hydroxylation sites is 2. The van der Waals surface area contributed by atoms with Gasteiger partial charge >= 0.3 is 0 Å². The molecule has 29 heavy (non-hydrogen) atoms. The SMILES string of the molecule is C=C[C@@H]1C(CN(C)c2cc(-c3nc4ccccc4n3C)c(Cl)cn2)[C@@H]1NC(C)=O. The van der Waals surface area contributed by atoms with Gasteiger partial charge in [-0.05, 0) is 18.2 Å². The summed E-state index contributed by atoms with van der Waals surface area (Å²) in [6.07, 6.45) is 3.59. The summed E-state index contributed by atoms with van der Waals surface area (Å²) in [6.45, 7) is 6.20. The number of fused-ring (bicyclic) bond motifs is 1. The molecule has 1 fully saturated rings. The summed E-state index contributed by atoms with van der Waals surface area (Å²) < 4.78 is 2.04. The monoisotopic (exact) mass is 409 g/mol. The number of carbonyl (C=O) groups excluding carboxylic acids is 1. The molecule has 1 aliphatic rings. The smallest absolute Gasteiger partial charge is 0.217 e.